The van der Waals surface area contributed by atoms with Crippen molar-refractivity contribution in [2.24, 2.45) is 5.92 Å². The van der Waals surface area contributed by atoms with Gasteiger partial charge in [-0.15, -0.1) is 0 Å². The van der Waals surface area contributed by atoms with Crippen molar-refractivity contribution in [1.82, 2.24) is 10.2 Å². The molecule has 3 heteroatoms. The lowest BCUT2D eigenvalue weighted by molar-refractivity contribution is 0.108. The van der Waals surface area contributed by atoms with Crippen LogP contribution in [-0.4, -0.2) is 21.4 Å². The van der Waals surface area contributed by atoms with Gasteiger partial charge in [0.25, 0.3) is 0 Å². The first-order valence-corrected chi connectivity index (χ1v) is 4.56. The van der Waals surface area contributed by atoms with Gasteiger partial charge in [0, 0.05) is 11.6 Å². The molecule has 1 heterocycles. The molecule has 64 valence electrons. The number of aromatic amines is 1. The first-order valence-electron chi connectivity index (χ1n) is 4.56. The number of nitrogens with zero attached hydrogens (tertiary/aromatic N) is 1. The van der Waals surface area contributed by atoms with Gasteiger partial charge in [-0.05, 0) is 30.7 Å². The zero-order chi connectivity index (χ0) is 8.13. The topological polar surface area (TPSA) is 48.9 Å². The first-order chi connectivity index (χ1) is 5.86. The molecule has 3 nitrogen and oxygen atoms in total. The Bertz CT molecular complexity index is 307. The van der Waals surface area contributed by atoms with Crippen LogP contribution >= 0.6 is 0 Å². The molecule has 2 bridgehead atoms. The van der Waals surface area contributed by atoms with E-state index in [1.165, 1.54) is 17.7 Å². The van der Waals surface area contributed by atoms with Crippen LogP contribution in [-0.2, 0) is 6.42 Å². The lowest BCUT2D eigenvalue weighted by atomic mass is 9.85. The molecule has 1 fully saturated rings. The summed E-state index contributed by atoms with van der Waals surface area (Å²) in [5.74, 6) is 0.862. The number of nitrogens with one attached hydrogen (secondary N) is 1. The van der Waals surface area contributed by atoms with E-state index in [1.54, 1.807) is 0 Å². The van der Waals surface area contributed by atoms with Crippen LogP contribution in [0.15, 0.2) is 6.20 Å². The zero-order valence-electron chi connectivity index (χ0n) is 6.83. The van der Waals surface area contributed by atoms with Crippen molar-refractivity contribution in [2.45, 2.75) is 31.3 Å². The highest BCUT2D eigenvalue weighted by molar-refractivity contribution is 5.29. The smallest absolute Gasteiger partial charge is 0.0641 e. The molecule has 3 rings (SSSR count). The molecule has 0 unspecified atom stereocenters. The van der Waals surface area contributed by atoms with Crippen LogP contribution in [0.3, 0.4) is 0 Å². The molecule has 0 amide bonds. The average molecular weight is 164 g/mol. The number of H-pyrrole nitrogens is 1. The number of aromatic nitrogens is 2. The van der Waals surface area contributed by atoms with E-state index in [9.17, 15) is 5.11 Å². The monoisotopic (exact) mass is 164 g/mol. The Morgan fingerprint density at radius 3 is 3.33 bits per heavy atom. The maximum Gasteiger partial charge on any atom is 0.0641 e. The third-order valence-electron chi connectivity index (χ3n) is 3.36. The van der Waals surface area contributed by atoms with Crippen LogP contribution in [0.4, 0.5) is 0 Å². The predicted octanol–water partition coefficient (Wildman–Crippen LogP) is 0.820. The SMILES string of the molecule is O[C@@H]1[C@H]2CC[C@H]1c1cn[nH]c1C2. The summed E-state index contributed by atoms with van der Waals surface area (Å²) in [5, 5.41) is 16.9. The van der Waals surface area contributed by atoms with E-state index >= 15 is 0 Å². The number of aliphatic hydroxyl groups excluding tert-OH is 1. The van der Waals surface area contributed by atoms with Crippen LogP contribution in [0.5, 0.6) is 0 Å². The molecule has 12 heavy (non-hydrogen) atoms. The van der Waals surface area contributed by atoms with Crippen LogP contribution in [0.2, 0.25) is 0 Å². The Labute approximate surface area is 70.8 Å². The molecule has 2 aliphatic carbocycles. The van der Waals surface area contributed by atoms with Crippen molar-refractivity contribution in [3.63, 3.8) is 0 Å². The van der Waals surface area contributed by atoms with E-state index in [-0.39, 0.29) is 6.10 Å². The van der Waals surface area contributed by atoms with E-state index in [4.69, 9.17) is 0 Å². The molecule has 3 atom stereocenters. The van der Waals surface area contributed by atoms with Crippen LogP contribution in [0.1, 0.15) is 30.0 Å². The number of hydrogen-bond acceptors (Lipinski definition) is 2. The van der Waals surface area contributed by atoms with E-state index in [0.29, 0.717) is 11.8 Å². The predicted molar refractivity (Wildman–Crippen MR) is 43.8 cm³/mol. The molecule has 2 aliphatic rings. The fraction of sp³-hybridized carbons (Fsp3) is 0.667. The Morgan fingerprint density at radius 2 is 2.42 bits per heavy atom. The van der Waals surface area contributed by atoms with Gasteiger partial charge < -0.3 is 5.11 Å². The minimum Gasteiger partial charge on any atom is -0.392 e. The molecule has 0 aliphatic heterocycles. The lowest BCUT2D eigenvalue weighted by Crippen LogP contribution is -2.26. The summed E-state index contributed by atoms with van der Waals surface area (Å²) in [6.45, 7) is 0. The lowest BCUT2D eigenvalue weighted by Gasteiger charge is -2.24. The fourth-order valence-electron chi connectivity index (χ4n) is 2.69. The maximum absolute atomic E-state index is 9.83. The first kappa shape index (κ1) is 6.66. The van der Waals surface area contributed by atoms with Crippen molar-refractivity contribution in [3.05, 3.63) is 17.5 Å². The van der Waals surface area contributed by atoms with Gasteiger partial charge in [-0.1, -0.05) is 0 Å². The molecule has 0 spiro atoms. The normalized spacial score (nSPS) is 38.2. The molecule has 1 aromatic rings. The van der Waals surface area contributed by atoms with Gasteiger partial charge in [0.15, 0.2) is 0 Å². The van der Waals surface area contributed by atoms with Gasteiger partial charge in [-0.25, -0.2) is 0 Å². The van der Waals surface area contributed by atoms with Crippen LogP contribution in [0.25, 0.3) is 0 Å². The van der Waals surface area contributed by atoms with Gasteiger partial charge in [0.1, 0.15) is 0 Å². The third-order valence-corrected chi connectivity index (χ3v) is 3.36. The van der Waals surface area contributed by atoms with E-state index in [1.807, 2.05) is 6.20 Å². The highest BCUT2D eigenvalue weighted by atomic mass is 16.3. The molecule has 1 aromatic heterocycles. The Balaban J connectivity index is 2.12. The summed E-state index contributed by atoms with van der Waals surface area (Å²) in [6.07, 6.45) is 5.08. The quantitative estimate of drug-likeness (QED) is 0.596. The summed E-state index contributed by atoms with van der Waals surface area (Å²) < 4.78 is 0. The minimum atomic E-state index is -0.102. The van der Waals surface area contributed by atoms with Crippen molar-refractivity contribution >= 4 is 0 Å². The fourth-order valence-corrected chi connectivity index (χ4v) is 2.69. The van der Waals surface area contributed by atoms with Crippen molar-refractivity contribution in [3.8, 4) is 0 Å². The van der Waals surface area contributed by atoms with Crippen molar-refractivity contribution in [2.75, 3.05) is 0 Å². The van der Waals surface area contributed by atoms with E-state index in [2.05, 4.69) is 10.2 Å². The largest absolute Gasteiger partial charge is 0.392 e. The highest BCUT2D eigenvalue weighted by Gasteiger charge is 2.41. The molecule has 2 N–H and O–H groups in total. The molecule has 0 aromatic carbocycles. The second kappa shape index (κ2) is 2.10. The van der Waals surface area contributed by atoms with Gasteiger partial charge in [-0.2, -0.15) is 5.10 Å². The molecule has 0 radical (unpaired) electrons. The Kier molecular flexibility index (Phi) is 1.17. The number of hydrogen-bond donors (Lipinski definition) is 2. The standard InChI is InChI=1S/C9H12N2O/c12-9-5-1-2-6(9)7-4-10-11-8(7)3-5/h4-6,9,12H,1-3H2,(H,10,11)/t5-,6-,9+/m0/s1. The van der Waals surface area contributed by atoms with Crippen LogP contribution < -0.4 is 0 Å². The summed E-state index contributed by atoms with van der Waals surface area (Å²) >= 11 is 0. The third kappa shape index (κ3) is 0.672. The summed E-state index contributed by atoms with van der Waals surface area (Å²) in [7, 11) is 0. The molecule has 1 saturated carbocycles. The maximum atomic E-state index is 9.83. The summed E-state index contributed by atoms with van der Waals surface area (Å²) in [5.41, 5.74) is 2.52. The highest BCUT2D eigenvalue weighted by Crippen LogP contribution is 2.45. The van der Waals surface area contributed by atoms with E-state index < -0.39 is 0 Å². The molecular weight excluding hydrogens is 152 g/mol. The second-order valence-corrected chi connectivity index (χ2v) is 3.94. The molecule has 0 saturated heterocycles. The van der Waals surface area contributed by atoms with E-state index in [0.717, 1.165) is 12.8 Å². The number of rotatable bonds is 0. The zero-order valence-corrected chi connectivity index (χ0v) is 6.83. The second-order valence-electron chi connectivity index (χ2n) is 3.94. The van der Waals surface area contributed by atoms with Crippen molar-refractivity contribution in [1.29, 1.82) is 0 Å². The summed E-state index contributed by atoms with van der Waals surface area (Å²) in [6, 6.07) is 0. The van der Waals surface area contributed by atoms with Gasteiger partial charge in [0.2, 0.25) is 0 Å². The minimum absolute atomic E-state index is 0.102. The summed E-state index contributed by atoms with van der Waals surface area (Å²) in [4.78, 5) is 0. The van der Waals surface area contributed by atoms with Crippen LogP contribution in [0, 0.1) is 5.92 Å². The Morgan fingerprint density at radius 1 is 1.50 bits per heavy atom. The van der Waals surface area contributed by atoms with Gasteiger partial charge in [-0.3, -0.25) is 5.10 Å². The number of aliphatic hydroxyl groups is 1. The Hall–Kier alpha value is -0.830. The number of fused-ring (bicyclic) bond motifs is 4. The average Bonchev–Trinajstić information content (AvgIpc) is 2.59. The van der Waals surface area contributed by atoms with Crippen molar-refractivity contribution < 1.29 is 5.11 Å². The van der Waals surface area contributed by atoms with Gasteiger partial charge >= 0.3 is 0 Å². The molecular formula is C9H12N2O. The van der Waals surface area contributed by atoms with Gasteiger partial charge in [0.05, 0.1) is 12.3 Å².